The van der Waals surface area contributed by atoms with Crippen molar-refractivity contribution in [1.82, 2.24) is 0 Å². The third-order valence-electron chi connectivity index (χ3n) is 4.28. The second-order valence-electron chi connectivity index (χ2n) is 6.98. The van der Waals surface area contributed by atoms with E-state index in [0.29, 0.717) is 29.4 Å². The molecule has 0 spiro atoms. The van der Waals surface area contributed by atoms with Crippen molar-refractivity contribution in [3.63, 3.8) is 0 Å². The Morgan fingerprint density at radius 3 is 2.45 bits per heavy atom. The van der Waals surface area contributed by atoms with Gasteiger partial charge in [0.1, 0.15) is 0 Å². The molecular weight excluding hydrogens is 455 g/mol. The first-order valence-electron chi connectivity index (χ1n) is 8.83. The number of carbonyl (C=O) groups excluding carboxylic acids is 1. The van der Waals surface area contributed by atoms with Crippen molar-refractivity contribution in [2.75, 3.05) is 21.9 Å². The van der Waals surface area contributed by atoms with Gasteiger partial charge in [-0.2, -0.15) is 0 Å². The molecule has 1 aliphatic rings. The van der Waals surface area contributed by atoms with Crippen molar-refractivity contribution < 1.29 is 13.2 Å². The molecular formula is C20H19Cl3N2O3S. The van der Waals surface area contributed by atoms with Crippen LogP contribution in [0.4, 0.5) is 11.4 Å². The number of nitrogens with one attached hydrogen (secondary N) is 1. The maximum atomic E-state index is 12.9. The summed E-state index contributed by atoms with van der Waals surface area (Å²) in [6.45, 7) is 4.25. The quantitative estimate of drug-likeness (QED) is 0.604. The highest BCUT2D eigenvalue weighted by atomic mass is 35.5. The monoisotopic (exact) mass is 472 g/mol. The average molecular weight is 474 g/mol. The maximum absolute atomic E-state index is 12.9. The summed E-state index contributed by atoms with van der Waals surface area (Å²) >= 11 is 18.6. The lowest BCUT2D eigenvalue weighted by Crippen LogP contribution is -2.25. The molecule has 0 aliphatic carbocycles. The van der Waals surface area contributed by atoms with Crippen molar-refractivity contribution >= 4 is 68.2 Å². The number of carbonyl (C=O) groups is 1. The number of anilines is 2. The number of hydrogen-bond acceptors (Lipinski definition) is 3. The van der Waals surface area contributed by atoms with E-state index in [0.717, 1.165) is 11.1 Å². The Morgan fingerprint density at radius 1 is 1.10 bits per heavy atom. The Hall–Kier alpha value is -1.73. The molecule has 0 unspecified atom stereocenters. The van der Waals surface area contributed by atoms with Crippen LogP contribution < -0.4 is 9.62 Å². The normalized spacial score (nSPS) is 15.3. The molecule has 1 N–H and O–H groups in total. The van der Waals surface area contributed by atoms with Crippen LogP contribution in [0.15, 0.2) is 35.9 Å². The van der Waals surface area contributed by atoms with Gasteiger partial charge in [-0.3, -0.25) is 9.10 Å². The van der Waals surface area contributed by atoms with E-state index in [1.54, 1.807) is 18.2 Å². The van der Waals surface area contributed by atoms with Crippen molar-refractivity contribution in [1.29, 1.82) is 0 Å². The van der Waals surface area contributed by atoms with Gasteiger partial charge in [0, 0.05) is 17.3 Å². The lowest BCUT2D eigenvalue weighted by atomic mass is 10.1. The van der Waals surface area contributed by atoms with Crippen LogP contribution in [0, 0.1) is 0 Å². The molecule has 5 nitrogen and oxygen atoms in total. The summed E-state index contributed by atoms with van der Waals surface area (Å²) in [4.78, 5) is 12.9. The fourth-order valence-corrected chi connectivity index (χ4v) is 5.31. The minimum Gasteiger partial charge on any atom is -0.322 e. The number of amides is 1. The third-order valence-corrected chi connectivity index (χ3v) is 7.17. The molecule has 1 saturated heterocycles. The van der Waals surface area contributed by atoms with Crippen LogP contribution in [0.2, 0.25) is 15.1 Å². The van der Waals surface area contributed by atoms with Gasteiger partial charge in [-0.25, -0.2) is 8.42 Å². The number of hydrogen-bond donors (Lipinski definition) is 1. The van der Waals surface area contributed by atoms with Crippen LogP contribution in [0.3, 0.4) is 0 Å². The summed E-state index contributed by atoms with van der Waals surface area (Å²) in [6, 6.07) is 8.07. The van der Waals surface area contributed by atoms with Crippen LogP contribution in [0.5, 0.6) is 0 Å². The molecule has 1 fully saturated rings. The summed E-state index contributed by atoms with van der Waals surface area (Å²) in [6.07, 6.45) is 2.45. The van der Waals surface area contributed by atoms with Gasteiger partial charge in [0.2, 0.25) is 10.0 Å². The summed E-state index contributed by atoms with van der Waals surface area (Å²) in [5.41, 5.74) is 2.81. The molecule has 1 aliphatic heterocycles. The Balaban J connectivity index is 1.96. The summed E-state index contributed by atoms with van der Waals surface area (Å²) in [5.74, 6) is -0.453. The van der Waals surface area contributed by atoms with Gasteiger partial charge in [-0.15, -0.1) is 0 Å². The number of sulfonamides is 1. The fraction of sp³-hybridized carbons (Fsp3) is 0.250. The highest BCUT2D eigenvalue weighted by Gasteiger charge is 2.30. The first-order valence-corrected chi connectivity index (χ1v) is 11.6. The van der Waals surface area contributed by atoms with Gasteiger partial charge in [-0.1, -0.05) is 46.5 Å². The van der Waals surface area contributed by atoms with Gasteiger partial charge in [-0.05, 0) is 56.2 Å². The standard InChI is InChI=1S/C20H19Cl3N2O3S/c1-12(2)6-13-7-14(21)9-15(8-13)24-20(26)17-10-16(11-18(22)19(17)23)25-4-3-5-29(25,27)28/h6-11H,3-5H2,1-2H3,(H,24,26). The van der Waals surface area contributed by atoms with Crippen LogP contribution >= 0.6 is 34.8 Å². The molecule has 9 heteroatoms. The maximum Gasteiger partial charge on any atom is 0.257 e. The number of allylic oxidation sites excluding steroid dienone is 1. The molecule has 29 heavy (non-hydrogen) atoms. The predicted molar refractivity (Wildman–Crippen MR) is 121 cm³/mol. The van der Waals surface area contributed by atoms with Crippen molar-refractivity contribution in [2.45, 2.75) is 20.3 Å². The Bertz CT molecular complexity index is 1110. The average Bonchev–Trinajstić information content (AvgIpc) is 2.95. The van der Waals surface area contributed by atoms with Gasteiger partial charge in [0.15, 0.2) is 0 Å². The molecule has 2 aromatic rings. The van der Waals surface area contributed by atoms with E-state index < -0.39 is 15.9 Å². The fourth-order valence-electron chi connectivity index (χ4n) is 3.11. The third kappa shape index (κ3) is 5.07. The second kappa shape index (κ2) is 8.56. The molecule has 0 saturated carbocycles. The van der Waals surface area contributed by atoms with E-state index in [1.165, 1.54) is 16.4 Å². The SMILES string of the molecule is CC(C)=Cc1cc(Cl)cc(NC(=O)c2cc(N3CCCS3(=O)=O)cc(Cl)c2Cl)c1. The Morgan fingerprint density at radius 2 is 1.83 bits per heavy atom. The topological polar surface area (TPSA) is 66.5 Å². The van der Waals surface area contributed by atoms with E-state index in [9.17, 15) is 13.2 Å². The highest BCUT2D eigenvalue weighted by Crippen LogP contribution is 2.34. The molecule has 1 amide bonds. The van der Waals surface area contributed by atoms with Crippen LogP contribution in [0.25, 0.3) is 6.08 Å². The summed E-state index contributed by atoms with van der Waals surface area (Å²) < 4.78 is 25.7. The first-order chi connectivity index (χ1) is 13.6. The highest BCUT2D eigenvalue weighted by molar-refractivity contribution is 7.93. The zero-order chi connectivity index (χ0) is 21.3. The molecule has 0 atom stereocenters. The zero-order valence-electron chi connectivity index (χ0n) is 15.8. The molecule has 3 rings (SSSR count). The second-order valence-corrected chi connectivity index (χ2v) is 10.2. The Labute approximate surface area is 185 Å². The van der Waals surface area contributed by atoms with Crippen LogP contribution in [-0.4, -0.2) is 26.6 Å². The minimum absolute atomic E-state index is 0.0519. The Kier molecular flexibility index (Phi) is 6.48. The molecule has 0 radical (unpaired) electrons. The van der Waals surface area contributed by atoms with E-state index in [1.807, 2.05) is 19.9 Å². The smallest absolute Gasteiger partial charge is 0.257 e. The van der Waals surface area contributed by atoms with Crippen molar-refractivity contribution in [3.8, 4) is 0 Å². The lowest BCUT2D eigenvalue weighted by Gasteiger charge is -2.19. The lowest BCUT2D eigenvalue weighted by molar-refractivity contribution is 0.102. The van der Waals surface area contributed by atoms with Crippen LogP contribution in [-0.2, 0) is 10.0 Å². The van der Waals surface area contributed by atoms with Crippen molar-refractivity contribution in [3.05, 3.63) is 62.1 Å². The number of nitrogens with zero attached hydrogens (tertiary/aromatic N) is 1. The molecule has 2 aromatic carbocycles. The van der Waals surface area contributed by atoms with E-state index >= 15 is 0 Å². The number of halogens is 3. The first kappa shape index (κ1) is 22.0. The zero-order valence-corrected chi connectivity index (χ0v) is 18.9. The van der Waals surface area contributed by atoms with E-state index in [2.05, 4.69) is 5.32 Å². The molecule has 0 aromatic heterocycles. The van der Waals surface area contributed by atoms with Gasteiger partial charge in [0.25, 0.3) is 5.91 Å². The molecule has 154 valence electrons. The number of benzene rings is 2. The summed E-state index contributed by atoms with van der Waals surface area (Å²) in [7, 11) is -3.42. The predicted octanol–water partition coefficient (Wildman–Crippen LogP) is 5.86. The molecule has 1 heterocycles. The molecule has 0 bridgehead atoms. The van der Waals surface area contributed by atoms with Crippen LogP contribution in [0.1, 0.15) is 36.2 Å². The van der Waals surface area contributed by atoms with Gasteiger partial charge in [0.05, 0.1) is 27.0 Å². The number of rotatable bonds is 4. The van der Waals surface area contributed by atoms with Gasteiger partial charge >= 0.3 is 0 Å². The van der Waals surface area contributed by atoms with Gasteiger partial charge < -0.3 is 5.32 Å². The van der Waals surface area contributed by atoms with Crippen molar-refractivity contribution in [2.24, 2.45) is 0 Å². The minimum atomic E-state index is -3.42. The van der Waals surface area contributed by atoms with E-state index in [-0.39, 0.29) is 21.4 Å². The largest absolute Gasteiger partial charge is 0.322 e. The van der Waals surface area contributed by atoms with E-state index in [4.69, 9.17) is 34.8 Å². The summed E-state index contributed by atoms with van der Waals surface area (Å²) in [5, 5.41) is 3.38.